The molecule has 0 N–H and O–H groups in total. The SMILES string of the molecule is CCCCOc1ccc(C2C(C(=O)OCC(C)C)=C(C)N=c3s/c(=C\C=C\c4ccccc4)c(=O)n32)cc1OC. The summed E-state index contributed by atoms with van der Waals surface area (Å²) in [5.41, 5.74) is 2.37. The number of carbonyl (C=O) groups is 1. The Bertz CT molecular complexity index is 1580. The summed E-state index contributed by atoms with van der Waals surface area (Å²) >= 11 is 1.29. The monoisotopic (exact) mass is 560 g/mol. The van der Waals surface area contributed by atoms with Gasteiger partial charge in [-0.2, -0.15) is 0 Å². The van der Waals surface area contributed by atoms with E-state index in [9.17, 15) is 9.59 Å². The number of hydrogen-bond acceptors (Lipinski definition) is 7. The maximum Gasteiger partial charge on any atom is 0.338 e. The predicted molar refractivity (Wildman–Crippen MR) is 159 cm³/mol. The van der Waals surface area contributed by atoms with Crippen molar-refractivity contribution in [1.82, 2.24) is 4.57 Å². The molecular formula is C32H36N2O5S. The predicted octanol–water partition coefficient (Wildman–Crippen LogP) is 5.29. The van der Waals surface area contributed by atoms with Crippen molar-refractivity contribution >= 4 is 29.5 Å². The smallest absolute Gasteiger partial charge is 0.338 e. The lowest BCUT2D eigenvalue weighted by Crippen LogP contribution is -2.40. The normalized spacial score (nSPS) is 15.3. The minimum atomic E-state index is -0.727. The molecular weight excluding hydrogens is 524 g/mol. The van der Waals surface area contributed by atoms with Crippen LogP contribution in [0, 0.1) is 5.92 Å². The summed E-state index contributed by atoms with van der Waals surface area (Å²) in [6, 6.07) is 14.7. The molecule has 2 aromatic carbocycles. The van der Waals surface area contributed by atoms with Crippen LogP contribution in [0.2, 0.25) is 0 Å². The molecule has 3 aromatic rings. The molecule has 0 fully saturated rings. The zero-order valence-corrected chi connectivity index (χ0v) is 24.5. The first kappa shape index (κ1) is 29.1. The van der Waals surface area contributed by atoms with Gasteiger partial charge in [-0.05, 0) is 48.6 Å². The second-order valence-corrected chi connectivity index (χ2v) is 11.0. The summed E-state index contributed by atoms with van der Waals surface area (Å²) in [6.45, 7) is 8.68. The largest absolute Gasteiger partial charge is 0.493 e. The molecule has 4 rings (SSSR count). The van der Waals surface area contributed by atoms with E-state index in [1.54, 1.807) is 24.7 Å². The van der Waals surface area contributed by atoms with E-state index in [-0.39, 0.29) is 18.1 Å². The Balaban J connectivity index is 1.82. The third-order valence-electron chi connectivity index (χ3n) is 6.38. The number of methoxy groups -OCH3 is 1. The molecule has 0 bridgehead atoms. The zero-order chi connectivity index (χ0) is 28.6. The molecule has 2 heterocycles. The van der Waals surface area contributed by atoms with Crippen LogP contribution in [0.25, 0.3) is 12.2 Å². The highest BCUT2D eigenvalue weighted by Crippen LogP contribution is 2.36. The standard InChI is InChI=1S/C32H36N2O5S/c1-6-7-18-38-25-17-16-24(19-26(25)37-5)29-28(31(36)39-20-21(2)3)22(4)33-32-34(29)30(35)27(40-32)15-11-14-23-12-9-8-10-13-23/h8-17,19,21,29H,6-7,18,20H2,1-5H3/b14-11+,27-15-. The van der Waals surface area contributed by atoms with Gasteiger partial charge in [-0.1, -0.05) is 87.1 Å². The lowest BCUT2D eigenvalue weighted by atomic mass is 9.95. The van der Waals surface area contributed by atoms with Crippen LogP contribution < -0.4 is 24.4 Å². The number of ether oxygens (including phenoxy) is 3. The van der Waals surface area contributed by atoms with E-state index in [0.29, 0.717) is 44.3 Å². The van der Waals surface area contributed by atoms with Crippen molar-refractivity contribution < 1.29 is 19.0 Å². The third-order valence-corrected chi connectivity index (χ3v) is 7.39. The van der Waals surface area contributed by atoms with Gasteiger partial charge in [-0.15, -0.1) is 0 Å². The molecule has 0 saturated heterocycles. The lowest BCUT2D eigenvalue weighted by Gasteiger charge is -2.25. The molecule has 0 amide bonds. The van der Waals surface area contributed by atoms with Gasteiger partial charge in [0, 0.05) is 0 Å². The van der Waals surface area contributed by atoms with Crippen molar-refractivity contribution in [3.05, 3.63) is 96.7 Å². The van der Waals surface area contributed by atoms with Crippen molar-refractivity contribution in [3.63, 3.8) is 0 Å². The lowest BCUT2D eigenvalue weighted by molar-refractivity contribution is -0.140. The van der Waals surface area contributed by atoms with Crippen molar-refractivity contribution in [2.45, 2.75) is 46.6 Å². The summed E-state index contributed by atoms with van der Waals surface area (Å²) in [5, 5.41) is 0. The number of rotatable bonds is 11. The molecule has 1 atom stereocenters. The summed E-state index contributed by atoms with van der Waals surface area (Å²) in [6.07, 6.45) is 7.52. The molecule has 7 nitrogen and oxygen atoms in total. The first-order valence-electron chi connectivity index (χ1n) is 13.6. The van der Waals surface area contributed by atoms with E-state index < -0.39 is 12.0 Å². The Morgan fingerprint density at radius 1 is 1.15 bits per heavy atom. The highest BCUT2D eigenvalue weighted by atomic mass is 32.1. The average molecular weight is 561 g/mol. The molecule has 1 aliphatic heterocycles. The van der Waals surface area contributed by atoms with E-state index in [2.05, 4.69) is 11.9 Å². The summed E-state index contributed by atoms with van der Waals surface area (Å²) in [5.74, 6) is 0.829. The Labute approximate surface area is 238 Å². The van der Waals surface area contributed by atoms with Gasteiger partial charge in [-0.25, -0.2) is 9.79 Å². The van der Waals surface area contributed by atoms with Gasteiger partial charge in [0.15, 0.2) is 16.3 Å². The number of carbonyl (C=O) groups excluding carboxylic acids is 1. The van der Waals surface area contributed by atoms with E-state index >= 15 is 0 Å². The van der Waals surface area contributed by atoms with Gasteiger partial charge in [0.05, 0.1) is 42.2 Å². The molecule has 0 radical (unpaired) electrons. The highest BCUT2D eigenvalue weighted by Gasteiger charge is 2.34. The molecule has 0 saturated carbocycles. The first-order valence-corrected chi connectivity index (χ1v) is 14.4. The quantitative estimate of drug-likeness (QED) is 0.235. The number of esters is 1. The third kappa shape index (κ3) is 6.62. The molecule has 8 heteroatoms. The van der Waals surface area contributed by atoms with Gasteiger partial charge in [0.25, 0.3) is 5.56 Å². The fraction of sp³-hybridized carbons (Fsp3) is 0.344. The van der Waals surface area contributed by atoms with Crippen LogP contribution in [0.4, 0.5) is 0 Å². The molecule has 210 valence electrons. The van der Waals surface area contributed by atoms with Gasteiger partial charge in [0.1, 0.15) is 0 Å². The maximum absolute atomic E-state index is 13.8. The van der Waals surface area contributed by atoms with Crippen LogP contribution in [0.15, 0.2) is 75.7 Å². The second-order valence-electron chi connectivity index (χ2n) is 9.98. The van der Waals surface area contributed by atoms with E-state index in [1.807, 2.05) is 74.5 Å². The number of thiazole rings is 1. The Hall–Kier alpha value is -3.91. The topological polar surface area (TPSA) is 79.1 Å². The number of benzene rings is 2. The number of allylic oxidation sites excluding steroid dienone is 2. The van der Waals surface area contributed by atoms with Gasteiger partial charge < -0.3 is 14.2 Å². The van der Waals surface area contributed by atoms with Gasteiger partial charge in [-0.3, -0.25) is 9.36 Å². The van der Waals surface area contributed by atoms with E-state index in [0.717, 1.165) is 18.4 Å². The minimum Gasteiger partial charge on any atom is -0.493 e. The second kappa shape index (κ2) is 13.4. The molecule has 0 aliphatic carbocycles. The van der Waals surface area contributed by atoms with Crippen LogP contribution in [0.3, 0.4) is 0 Å². The van der Waals surface area contributed by atoms with E-state index in [4.69, 9.17) is 14.2 Å². The summed E-state index contributed by atoms with van der Waals surface area (Å²) < 4.78 is 19.3. The number of aromatic nitrogens is 1. The van der Waals surface area contributed by atoms with E-state index in [1.165, 1.54) is 11.3 Å². The molecule has 40 heavy (non-hydrogen) atoms. The summed E-state index contributed by atoms with van der Waals surface area (Å²) in [7, 11) is 1.58. The van der Waals surface area contributed by atoms with Crippen LogP contribution in [0.1, 0.15) is 57.7 Å². The average Bonchev–Trinajstić information content (AvgIpc) is 3.26. The fourth-order valence-electron chi connectivity index (χ4n) is 4.34. The van der Waals surface area contributed by atoms with Crippen LogP contribution in [0.5, 0.6) is 11.5 Å². The molecule has 0 spiro atoms. The Morgan fingerprint density at radius 3 is 2.62 bits per heavy atom. The van der Waals surface area contributed by atoms with Crippen molar-refractivity contribution in [2.75, 3.05) is 20.3 Å². The van der Waals surface area contributed by atoms with Gasteiger partial charge in [0.2, 0.25) is 0 Å². The molecule has 1 aliphatic rings. The first-order chi connectivity index (χ1) is 19.3. The number of nitrogens with zero attached hydrogens (tertiary/aromatic N) is 2. The zero-order valence-electron chi connectivity index (χ0n) is 23.7. The van der Waals surface area contributed by atoms with Crippen LogP contribution in [-0.4, -0.2) is 30.9 Å². The maximum atomic E-state index is 13.8. The van der Waals surface area contributed by atoms with Crippen molar-refractivity contribution in [2.24, 2.45) is 10.9 Å². The van der Waals surface area contributed by atoms with Gasteiger partial charge >= 0.3 is 5.97 Å². The van der Waals surface area contributed by atoms with Crippen molar-refractivity contribution in [1.29, 1.82) is 0 Å². The Kier molecular flexibility index (Phi) is 9.77. The molecule has 1 aromatic heterocycles. The number of hydrogen-bond donors (Lipinski definition) is 0. The Morgan fingerprint density at radius 2 is 1.93 bits per heavy atom. The minimum absolute atomic E-state index is 0.167. The summed E-state index contributed by atoms with van der Waals surface area (Å²) in [4.78, 5) is 32.4. The number of fused-ring (bicyclic) bond motifs is 1. The van der Waals surface area contributed by atoms with Crippen LogP contribution >= 0.6 is 11.3 Å². The highest BCUT2D eigenvalue weighted by molar-refractivity contribution is 7.07. The fourth-order valence-corrected chi connectivity index (χ4v) is 5.34. The van der Waals surface area contributed by atoms with Crippen LogP contribution in [-0.2, 0) is 9.53 Å². The van der Waals surface area contributed by atoms with Crippen molar-refractivity contribution in [3.8, 4) is 11.5 Å². The molecule has 1 unspecified atom stereocenters. The number of unbranched alkanes of at least 4 members (excludes halogenated alkanes) is 1.